The highest BCUT2D eigenvalue weighted by Gasteiger charge is 2.22. The number of rotatable bonds is 6. The van der Waals surface area contributed by atoms with Crippen LogP contribution < -0.4 is 0 Å². The zero-order valence-electron chi connectivity index (χ0n) is 11.8. The van der Waals surface area contributed by atoms with Gasteiger partial charge in [-0.1, -0.05) is 30.3 Å². The fourth-order valence-corrected chi connectivity index (χ4v) is 2.14. The first-order chi connectivity index (χ1) is 9.72. The molecule has 0 unspecified atom stereocenters. The molecule has 1 aromatic heterocycles. The minimum atomic E-state index is -0.0586. The number of methoxy groups -OCH3 is 1. The number of hydrogen-bond acceptors (Lipinski definition) is 3. The number of carbonyl (C=O) groups excluding carboxylic acids is 1. The third kappa shape index (κ3) is 3.48. The normalized spacial score (nSPS) is 12.1. The Bertz CT molecular complexity index is 522. The Hall–Kier alpha value is -2.07. The van der Waals surface area contributed by atoms with Crippen LogP contribution in [-0.4, -0.2) is 37.6 Å². The topological polar surface area (TPSA) is 42.7 Å². The van der Waals surface area contributed by atoms with Gasteiger partial charge in [-0.15, -0.1) is 0 Å². The number of ether oxygens (including phenoxy) is 1. The Balaban J connectivity index is 2.09. The summed E-state index contributed by atoms with van der Waals surface area (Å²) in [6.45, 7) is 0.495. The van der Waals surface area contributed by atoms with E-state index in [0.717, 1.165) is 6.42 Å². The number of hydrogen-bond donors (Lipinski definition) is 0. The standard InChI is InChI=1S/C16H19NO3/c1-17(16(18)14-8-9-20-11-14)15(12-19-2)10-13-6-4-3-5-7-13/h3-9,11,15H,10,12H2,1-2H3/t15-/m1/s1. The third-order valence-electron chi connectivity index (χ3n) is 3.31. The molecule has 0 saturated carbocycles. The second-order valence-corrected chi connectivity index (χ2v) is 4.73. The highest BCUT2D eigenvalue weighted by atomic mass is 16.5. The summed E-state index contributed by atoms with van der Waals surface area (Å²) in [5.74, 6) is -0.0586. The molecule has 0 saturated heterocycles. The molecule has 1 atom stereocenters. The summed E-state index contributed by atoms with van der Waals surface area (Å²) in [6.07, 6.45) is 3.73. The Morgan fingerprint density at radius 2 is 2.05 bits per heavy atom. The zero-order chi connectivity index (χ0) is 14.4. The van der Waals surface area contributed by atoms with Gasteiger partial charge in [0.05, 0.1) is 24.5 Å². The molecule has 106 valence electrons. The summed E-state index contributed by atoms with van der Waals surface area (Å²) in [6, 6.07) is 11.7. The molecule has 0 aliphatic carbocycles. The summed E-state index contributed by atoms with van der Waals surface area (Å²) >= 11 is 0. The average molecular weight is 273 g/mol. The maximum atomic E-state index is 12.3. The van der Waals surface area contributed by atoms with Gasteiger partial charge in [0.25, 0.3) is 5.91 Å². The summed E-state index contributed by atoms with van der Waals surface area (Å²) in [7, 11) is 3.44. The lowest BCUT2D eigenvalue weighted by atomic mass is 10.0. The van der Waals surface area contributed by atoms with Crippen LogP contribution in [0.1, 0.15) is 15.9 Å². The molecule has 1 aromatic carbocycles. The van der Waals surface area contributed by atoms with E-state index >= 15 is 0 Å². The molecule has 4 heteroatoms. The predicted molar refractivity (Wildman–Crippen MR) is 76.6 cm³/mol. The van der Waals surface area contributed by atoms with Crippen LogP contribution in [0.4, 0.5) is 0 Å². The molecule has 0 aliphatic heterocycles. The molecule has 0 fully saturated rings. The molecule has 20 heavy (non-hydrogen) atoms. The highest BCUT2D eigenvalue weighted by molar-refractivity contribution is 5.93. The van der Waals surface area contributed by atoms with Gasteiger partial charge in [0.2, 0.25) is 0 Å². The molecule has 1 heterocycles. The molecule has 4 nitrogen and oxygen atoms in total. The summed E-state index contributed by atoms with van der Waals surface area (Å²) in [5, 5.41) is 0. The highest BCUT2D eigenvalue weighted by Crippen LogP contribution is 2.12. The molecule has 2 aromatic rings. The fraction of sp³-hybridized carbons (Fsp3) is 0.312. The number of amides is 1. The monoisotopic (exact) mass is 273 g/mol. The van der Waals surface area contributed by atoms with Gasteiger partial charge in [0, 0.05) is 14.2 Å². The van der Waals surface area contributed by atoms with Crippen molar-refractivity contribution in [1.29, 1.82) is 0 Å². The summed E-state index contributed by atoms with van der Waals surface area (Å²) < 4.78 is 10.2. The lowest BCUT2D eigenvalue weighted by molar-refractivity contribution is 0.0604. The van der Waals surface area contributed by atoms with Crippen LogP contribution in [0.2, 0.25) is 0 Å². The van der Waals surface area contributed by atoms with Crippen molar-refractivity contribution >= 4 is 5.91 Å². The molecular weight excluding hydrogens is 254 g/mol. The number of nitrogens with zero attached hydrogens (tertiary/aromatic N) is 1. The Morgan fingerprint density at radius 1 is 1.30 bits per heavy atom. The fourth-order valence-electron chi connectivity index (χ4n) is 2.14. The van der Waals surface area contributed by atoms with Crippen LogP contribution in [-0.2, 0) is 11.2 Å². The van der Waals surface area contributed by atoms with Gasteiger partial charge < -0.3 is 14.1 Å². The van der Waals surface area contributed by atoms with E-state index in [2.05, 4.69) is 12.1 Å². The van der Waals surface area contributed by atoms with Gasteiger partial charge in [0.15, 0.2) is 0 Å². The van der Waals surface area contributed by atoms with Crippen molar-refractivity contribution in [1.82, 2.24) is 4.90 Å². The largest absolute Gasteiger partial charge is 0.472 e. The van der Waals surface area contributed by atoms with E-state index in [4.69, 9.17) is 9.15 Å². The summed E-state index contributed by atoms with van der Waals surface area (Å²) in [4.78, 5) is 14.0. The lowest BCUT2D eigenvalue weighted by Crippen LogP contribution is -2.41. The minimum absolute atomic E-state index is 0.00944. The molecule has 0 radical (unpaired) electrons. The second kappa shape index (κ2) is 6.91. The smallest absolute Gasteiger partial charge is 0.257 e. The van der Waals surface area contributed by atoms with Crippen LogP contribution in [0.25, 0.3) is 0 Å². The van der Waals surface area contributed by atoms with E-state index in [1.54, 1.807) is 25.1 Å². The van der Waals surface area contributed by atoms with Crippen molar-refractivity contribution in [2.24, 2.45) is 0 Å². The number of furan rings is 1. The quantitative estimate of drug-likeness (QED) is 0.812. The molecule has 2 rings (SSSR count). The number of benzene rings is 1. The van der Waals surface area contributed by atoms with E-state index < -0.39 is 0 Å². The molecule has 0 N–H and O–H groups in total. The van der Waals surface area contributed by atoms with Crippen molar-refractivity contribution < 1.29 is 13.9 Å². The predicted octanol–water partition coefficient (Wildman–Crippen LogP) is 2.61. The van der Waals surface area contributed by atoms with E-state index in [0.29, 0.717) is 12.2 Å². The Kier molecular flexibility index (Phi) is 4.96. The first kappa shape index (κ1) is 14.3. The van der Waals surface area contributed by atoms with E-state index in [-0.39, 0.29) is 11.9 Å². The zero-order valence-corrected chi connectivity index (χ0v) is 11.8. The Morgan fingerprint density at radius 3 is 2.65 bits per heavy atom. The molecular formula is C16H19NO3. The third-order valence-corrected chi connectivity index (χ3v) is 3.31. The van der Waals surface area contributed by atoms with Crippen LogP contribution >= 0.6 is 0 Å². The molecule has 0 spiro atoms. The van der Waals surface area contributed by atoms with Crippen molar-refractivity contribution in [2.75, 3.05) is 20.8 Å². The van der Waals surface area contributed by atoms with Crippen molar-refractivity contribution in [3.05, 3.63) is 60.1 Å². The van der Waals surface area contributed by atoms with Gasteiger partial charge in [-0.2, -0.15) is 0 Å². The SMILES string of the molecule is COC[C@@H](Cc1ccccc1)N(C)C(=O)c1ccoc1. The first-order valence-corrected chi connectivity index (χ1v) is 6.54. The van der Waals surface area contributed by atoms with E-state index in [1.165, 1.54) is 18.1 Å². The van der Waals surface area contributed by atoms with Crippen LogP contribution in [0.15, 0.2) is 53.3 Å². The second-order valence-electron chi connectivity index (χ2n) is 4.73. The Labute approximate surface area is 119 Å². The average Bonchev–Trinajstić information content (AvgIpc) is 3.00. The van der Waals surface area contributed by atoms with Gasteiger partial charge in [-0.05, 0) is 18.1 Å². The van der Waals surface area contributed by atoms with E-state index in [9.17, 15) is 4.79 Å². The number of carbonyl (C=O) groups is 1. The van der Waals surface area contributed by atoms with Crippen molar-refractivity contribution in [2.45, 2.75) is 12.5 Å². The summed E-state index contributed by atoms with van der Waals surface area (Å²) in [5.41, 5.74) is 1.74. The van der Waals surface area contributed by atoms with E-state index in [1.807, 2.05) is 18.2 Å². The molecule has 0 bridgehead atoms. The van der Waals surface area contributed by atoms with Gasteiger partial charge >= 0.3 is 0 Å². The van der Waals surface area contributed by atoms with Crippen molar-refractivity contribution in [3.8, 4) is 0 Å². The van der Waals surface area contributed by atoms with Crippen molar-refractivity contribution in [3.63, 3.8) is 0 Å². The maximum Gasteiger partial charge on any atom is 0.257 e. The van der Waals surface area contributed by atoms with Gasteiger partial charge in [-0.25, -0.2) is 0 Å². The van der Waals surface area contributed by atoms with Gasteiger partial charge in [-0.3, -0.25) is 4.79 Å². The van der Waals surface area contributed by atoms with Crippen LogP contribution in [0.3, 0.4) is 0 Å². The molecule has 0 aliphatic rings. The maximum absolute atomic E-state index is 12.3. The number of likely N-dealkylation sites (N-methyl/N-ethyl adjacent to an activating group) is 1. The minimum Gasteiger partial charge on any atom is -0.472 e. The van der Waals surface area contributed by atoms with Crippen LogP contribution in [0, 0.1) is 0 Å². The molecule has 1 amide bonds. The van der Waals surface area contributed by atoms with Crippen LogP contribution in [0.5, 0.6) is 0 Å². The lowest BCUT2D eigenvalue weighted by Gasteiger charge is -2.27. The van der Waals surface area contributed by atoms with Gasteiger partial charge in [0.1, 0.15) is 6.26 Å². The first-order valence-electron chi connectivity index (χ1n) is 6.54.